The molecule has 43 heavy (non-hydrogen) atoms. The molecule has 2 amide bonds. The van der Waals surface area contributed by atoms with Crippen LogP contribution in [-0.2, 0) is 9.47 Å². The highest BCUT2D eigenvalue weighted by molar-refractivity contribution is 6.04. The summed E-state index contributed by atoms with van der Waals surface area (Å²) in [7, 11) is 2.06. The number of carbonyl (C=O) groups excluding carboxylic acids is 3. The van der Waals surface area contributed by atoms with Crippen LogP contribution in [0.2, 0.25) is 0 Å². The SMILES string of the molecule is CN1CCC[C@@H]1c1cc2cnc(NC(=O)c3ccc(OC4CN(C(=O)OC(C)(C)C)C4)cc3)cc2n1C(=O)OC(C)(C)C. The fourth-order valence-corrected chi connectivity index (χ4v) is 5.29. The van der Waals surface area contributed by atoms with Gasteiger partial charge in [-0.3, -0.25) is 9.69 Å². The zero-order valence-corrected chi connectivity index (χ0v) is 26.0. The number of likely N-dealkylation sites (tertiary alicyclic amines) is 2. The predicted molar refractivity (Wildman–Crippen MR) is 163 cm³/mol. The van der Waals surface area contributed by atoms with Gasteiger partial charge in [0.05, 0.1) is 24.6 Å². The maximum Gasteiger partial charge on any atom is 0.419 e. The van der Waals surface area contributed by atoms with Gasteiger partial charge in [-0.15, -0.1) is 0 Å². The number of aromatic nitrogens is 2. The summed E-state index contributed by atoms with van der Waals surface area (Å²) in [6.45, 7) is 12.8. The summed E-state index contributed by atoms with van der Waals surface area (Å²) in [6.07, 6.45) is 2.70. The molecule has 3 aromatic rings. The van der Waals surface area contributed by atoms with Crippen LogP contribution in [0.15, 0.2) is 42.6 Å². The summed E-state index contributed by atoms with van der Waals surface area (Å²) in [6, 6.07) is 10.6. The van der Waals surface area contributed by atoms with Gasteiger partial charge in [-0.25, -0.2) is 19.1 Å². The molecule has 2 aliphatic rings. The quantitative estimate of drug-likeness (QED) is 0.394. The van der Waals surface area contributed by atoms with Gasteiger partial charge < -0.3 is 24.4 Å². The Morgan fingerprint density at radius 1 is 0.930 bits per heavy atom. The first kappa shape index (κ1) is 30.3. The van der Waals surface area contributed by atoms with E-state index in [-0.39, 0.29) is 24.1 Å². The van der Waals surface area contributed by atoms with Gasteiger partial charge in [-0.05, 0) is 98.3 Å². The van der Waals surface area contributed by atoms with Gasteiger partial charge in [0.2, 0.25) is 0 Å². The molecule has 5 rings (SSSR count). The molecule has 2 saturated heterocycles. The van der Waals surface area contributed by atoms with Crippen LogP contribution in [-0.4, -0.2) is 81.4 Å². The first-order valence-corrected chi connectivity index (χ1v) is 14.7. The molecule has 11 nitrogen and oxygen atoms in total. The monoisotopic (exact) mass is 591 g/mol. The minimum absolute atomic E-state index is 0.0824. The van der Waals surface area contributed by atoms with E-state index >= 15 is 0 Å². The molecule has 2 aliphatic heterocycles. The second-order valence-electron chi connectivity index (χ2n) is 13.3. The molecule has 2 aromatic heterocycles. The number of fused-ring (bicyclic) bond motifs is 1. The van der Waals surface area contributed by atoms with E-state index in [9.17, 15) is 14.4 Å². The number of hydrogen-bond donors (Lipinski definition) is 1. The average molecular weight is 592 g/mol. The normalized spacial score (nSPS) is 17.9. The lowest BCUT2D eigenvalue weighted by molar-refractivity contribution is -0.0221. The number of nitrogens with zero attached hydrogens (tertiary/aromatic N) is 4. The summed E-state index contributed by atoms with van der Waals surface area (Å²) in [5, 5.41) is 3.64. The van der Waals surface area contributed by atoms with Crippen molar-refractivity contribution in [2.45, 2.75) is 77.7 Å². The van der Waals surface area contributed by atoms with Crippen LogP contribution in [0.4, 0.5) is 15.4 Å². The van der Waals surface area contributed by atoms with Crippen LogP contribution in [0, 0.1) is 0 Å². The standard InChI is InChI=1S/C32H41N5O6/c1-31(2,3)42-29(39)36-18-23(19-36)41-22-12-10-20(11-13-22)28(38)34-27-16-25-21(17-33-27)15-26(24-9-8-14-35(24)7)37(25)30(40)43-32(4,5)6/h10-13,15-17,23-24H,8-9,14,18-19H2,1-7H3,(H,33,34,38)/t24-/m1/s1. The molecule has 0 spiro atoms. The van der Waals surface area contributed by atoms with Gasteiger partial charge in [0, 0.05) is 28.9 Å². The second-order valence-corrected chi connectivity index (χ2v) is 13.3. The lowest BCUT2D eigenvalue weighted by Gasteiger charge is -2.39. The third kappa shape index (κ3) is 7.10. The summed E-state index contributed by atoms with van der Waals surface area (Å²) < 4.78 is 18.7. The fourth-order valence-electron chi connectivity index (χ4n) is 5.29. The van der Waals surface area contributed by atoms with Crippen LogP contribution in [0.5, 0.6) is 5.75 Å². The van der Waals surface area contributed by atoms with Crippen molar-refractivity contribution in [1.82, 2.24) is 19.4 Å². The number of benzene rings is 1. The Kier molecular flexibility index (Phi) is 8.13. The largest absolute Gasteiger partial charge is 0.487 e. The van der Waals surface area contributed by atoms with Crippen molar-refractivity contribution in [3.8, 4) is 5.75 Å². The van der Waals surface area contributed by atoms with Crippen molar-refractivity contribution in [3.63, 3.8) is 0 Å². The molecular formula is C32H41N5O6. The Morgan fingerprint density at radius 2 is 1.58 bits per heavy atom. The van der Waals surface area contributed by atoms with E-state index in [4.69, 9.17) is 14.2 Å². The minimum atomic E-state index is -0.664. The first-order valence-electron chi connectivity index (χ1n) is 14.7. The predicted octanol–water partition coefficient (Wildman–Crippen LogP) is 5.84. The number of hydrogen-bond acceptors (Lipinski definition) is 8. The third-order valence-electron chi connectivity index (χ3n) is 7.31. The maximum absolute atomic E-state index is 13.4. The number of anilines is 1. The van der Waals surface area contributed by atoms with Crippen molar-refractivity contribution < 1.29 is 28.6 Å². The Labute approximate surface area is 252 Å². The molecule has 0 bridgehead atoms. The molecular weight excluding hydrogens is 550 g/mol. The van der Waals surface area contributed by atoms with E-state index in [0.717, 1.165) is 30.5 Å². The van der Waals surface area contributed by atoms with Gasteiger partial charge in [-0.1, -0.05) is 0 Å². The number of amides is 2. The van der Waals surface area contributed by atoms with Crippen molar-refractivity contribution in [2.75, 3.05) is 32.0 Å². The molecule has 0 radical (unpaired) electrons. The number of pyridine rings is 1. The Morgan fingerprint density at radius 3 is 2.19 bits per heavy atom. The summed E-state index contributed by atoms with van der Waals surface area (Å²) in [4.78, 5) is 46.9. The van der Waals surface area contributed by atoms with Crippen molar-refractivity contribution in [3.05, 3.63) is 53.9 Å². The van der Waals surface area contributed by atoms with Crippen LogP contribution in [0.1, 0.15) is 76.5 Å². The molecule has 1 aromatic carbocycles. The fraction of sp³-hybridized carbons (Fsp3) is 0.500. The molecule has 1 N–H and O–H groups in total. The molecule has 0 aliphatic carbocycles. The van der Waals surface area contributed by atoms with Gasteiger partial charge in [0.1, 0.15) is 28.9 Å². The van der Waals surface area contributed by atoms with Crippen molar-refractivity contribution in [1.29, 1.82) is 0 Å². The zero-order chi connectivity index (χ0) is 31.1. The lowest BCUT2D eigenvalue weighted by atomic mass is 10.1. The smallest absolute Gasteiger partial charge is 0.419 e. The van der Waals surface area contributed by atoms with Crippen molar-refractivity contribution in [2.24, 2.45) is 0 Å². The van der Waals surface area contributed by atoms with E-state index in [1.54, 1.807) is 46.0 Å². The summed E-state index contributed by atoms with van der Waals surface area (Å²) in [5.41, 5.74) is 0.695. The molecule has 1 atom stereocenters. The number of carbonyl (C=O) groups is 3. The van der Waals surface area contributed by atoms with Gasteiger partial charge in [-0.2, -0.15) is 0 Å². The number of rotatable bonds is 5. The van der Waals surface area contributed by atoms with Gasteiger partial charge >= 0.3 is 12.2 Å². The zero-order valence-electron chi connectivity index (χ0n) is 26.0. The highest BCUT2D eigenvalue weighted by atomic mass is 16.6. The molecule has 230 valence electrons. The molecule has 2 fully saturated rings. The molecule has 0 unspecified atom stereocenters. The first-order chi connectivity index (χ1) is 20.2. The van der Waals surface area contributed by atoms with E-state index < -0.39 is 17.3 Å². The Bertz CT molecular complexity index is 1510. The van der Waals surface area contributed by atoms with Gasteiger partial charge in [0.25, 0.3) is 5.91 Å². The van der Waals surface area contributed by atoms with E-state index in [1.807, 2.05) is 47.6 Å². The van der Waals surface area contributed by atoms with E-state index in [1.165, 1.54) is 0 Å². The number of nitrogens with one attached hydrogen (secondary N) is 1. The van der Waals surface area contributed by atoms with E-state index in [0.29, 0.717) is 35.7 Å². The van der Waals surface area contributed by atoms with Gasteiger partial charge in [0.15, 0.2) is 0 Å². The molecule has 4 heterocycles. The topological polar surface area (TPSA) is 115 Å². The third-order valence-corrected chi connectivity index (χ3v) is 7.31. The second kappa shape index (κ2) is 11.5. The van der Waals surface area contributed by atoms with Crippen LogP contribution in [0.25, 0.3) is 10.9 Å². The van der Waals surface area contributed by atoms with Crippen LogP contribution in [0.3, 0.4) is 0 Å². The van der Waals surface area contributed by atoms with Crippen LogP contribution >= 0.6 is 0 Å². The highest BCUT2D eigenvalue weighted by Crippen LogP contribution is 2.35. The summed E-state index contributed by atoms with van der Waals surface area (Å²) >= 11 is 0. The maximum atomic E-state index is 13.4. The average Bonchev–Trinajstić information content (AvgIpc) is 3.46. The Balaban J connectivity index is 1.27. The molecule has 0 saturated carbocycles. The molecule has 11 heteroatoms. The van der Waals surface area contributed by atoms with E-state index in [2.05, 4.69) is 22.2 Å². The highest BCUT2D eigenvalue weighted by Gasteiger charge is 2.35. The van der Waals surface area contributed by atoms with Crippen molar-refractivity contribution >= 4 is 34.8 Å². The Hall–Kier alpha value is -4.12. The number of ether oxygens (including phenoxy) is 3. The minimum Gasteiger partial charge on any atom is -0.487 e. The lowest BCUT2D eigenvalue weighted by Crippen LogP contribution is -2.57. The summed E-state index contributed by atoms with van der Waals surface area (Å²) in [5.74, 6) is 0.581. The van der Waals surface area contributed by atoms with Crippen LogP contribution < -0.4 is 10.1 Å².